The molecule has 0 spiro atoms. The zero-order valence-corrected chi connectivity index (χ0v) is 21.3. The number of thiocarbonyl (C=S) groups is 1. The third-order valence-electron chi connectivity index (χ3n) is 6.53. The third-order valence-corrected chi connectivity index (χ3v) is 6.87. The number of hydrogen-bond donors (Lipinski definition) is 1. The number of fused-ring (bicyclic) bond motifs is 1. The van der Waals surface area contributed by atoms with Crippen LogP contribution in [0.5, 0.6) is 11.5 Å². The Bertz CT molecular complexity index is 1270. The first-order valence-electron chi connectivity index (χ1n) is 12.1. The average Bonchev–Trinajstić information content (AvgIpc) is 3.53. The maximum absolute atomic E-state index is 5.85. The van der Waals surface area contributed by atoms with Crippen LogP contribution in [0.15, 0.2) is 52.7 Å². The van der Waals surface area contributed by atoms with Crippen LogP contribution in [0.2, 0.25) is 0 Å². The molecule has 2 aliphatic rings. The normalized spacial score (nSPS) is 17.3. The predicted octanol–water partition coefficient (Wildman–Crippen LogP) is 5.74. The lowest BCUT2D eigenvalue weighted by Gasteiger charge is -2.37. The van der Waals surface area contributed by atoms with E-state index < -0.39 is 0 Å². The predicted molar refractivity (Wildman–Crippen MR) is 139 cm³/mol. The van der Waals surface area contributed by atoms with E-state index in [4.69, 9.17) is 31.2 Å². The van der Waals surface area contributed by atoms with Crippen molar-refractivity contribution in [3.8, 4) is 22.9 Å². The van der Waals surface area contributed by atoms with Gasteiger partial charge in [0, 0.05) is 17.8 Å². The van der Waals surface area contributed by atoms with Gasteiger partial charge in [0.1, 0.15) is 0 Å². The van der Waals surface area contributed by atoms with Crippen LogP contribution in [-0.4, -0.2) is 33.5 Å². The summed E-state index contributed by atoms with van der Waals surface area (Å²) in [5.74, 6) is 2.94. The first-order valence-corrected chi connectivity index (χ1v) is 12.5. The largest absolute Gasteiger partial charge is 0.454 e. The van der Waals surface area contributed by atoms with Gasteiger partial charge >= 0.3 is 0 Å². The fourth-order valence-corrected chi connectivity index (χ4v) is 4.74. The van der Waals surface area contributed by atoms with Crippen LogP contribution in [0.25, 0.3) is 17.0 Å². The van der Waals surface area contributed by atoms with Gasteiger partial charge in [0.2, 0.25) is 12.6 Å². The highest BCUT2D eigenvalue weighted by atomic mass is 32.1. The van der Waals surface area contributed by atoms with Crippen molar-refractivity contribution in [2.24, 2.45) is 5.92 Å². The number of rotatable bonds is 7. The topological polar surface area (TPSA) is 72.7 Å². The van der Waals surface area contributed by atoms with Crippen LogP contribution in [0.4, 0.5) is 0 Å². The number of ether oxygens (including phenoxy) is 2. The summed E-state index contributed by atoms with van der Waals surface area (Å²) in [6, 6.07) is 14.1. The van der Waals surface area contributed by atoms with Crippen LogP contribution in [-0.2, 0) is 6.42 Å². The Morgan fingerprint density at radius 3 is 2.63 bits per heavy atom. The van der Waals surface area contributed by atoms with Crippen LogP contribution >= 0.6 is 12.2 Å². The average molecular weight is 491 g/mol. The lowest BCUT2D eigenvalue weighted by atomic mass is 9.93. The molecule has 2 aliphatic heterocycles. The van der Waals surface area contributed by atoms with E-state index in [2.05, 4.69) is 67.3 Å². The van der Waals surface area contributed by atoms with Crippen molar-refractivity contribution in [1.82, 2.24) is 20.4 Å². The molecule has 8 heteroatoms. The fourth-order valence-electron chi connectivity index (χ4n) is 4.40. The van der Waals surface area contributed by atoms with Crippen LogP contribution in [0, 0.1) is 5.92 Å². The minimum Gasteiger partial charge on any atom is -0.454 e. The van der Waals surface area contributed by atoms with E-state index in [0.717, 1.165) is 47.5 Å². The van der Waals surface area contributed by atoms with E-state index in [1.807, 2.05) is 18.2 Å². The number of allylic oxidation sites excluding steroid dienone is 1. The Labute approximate surface area is 211 Å². The molecule has 0 radical (unpaired) electrons. The molecule has 7 nitrogen and oxygen atoms in total. The first kappa shape index (κ1) is 23.4. The summed E-state index contributed by atoms with van der Waals surface area (Å²) in [5.41, 5.74) is 5.16. The molecule has 182 valence electrons. The molecule has 0 saturated heterocycles. The molecule has 1 unspecified atom stereocenters. The van der Waals surface area contributed by atoms with Crippen molar-refractivity contribution in [2.75, 3.05) is 13.3 Å². The molecule has 0 amide bonds. The molecule has 1 N–H and O–H groups in total. The molecule has 3 aromatic rings. The second kappa shape index (κ2) is 9.70. The summed E-state index contributed by atoms with van der Waals surface area (Å²) >= 11 is 5.80. The Kier molecular flexibility index (Phi) is 6.47. The Morgan fingerprint density at radius 2 is 1.89 bits per heavy atom. The fraction of sp³-hybridized carbons (Fsp3) is 0.370. The van der Waals surface area contributed by atoms with Gasteiger partial charge in [0.15, 0.2) is 16.6 Å². The van der Waals surface area contributed by atoms with Gasteiger partial charge in [-0.25, -0.2) is 0 Å². The summed E-state index contributed by atoms with van der Waals surface area (Å²) < 4.78 is 16.8. The van der Waals surface area contributed by atoms with Gasteiger partial charge in [-0.3, -0.25) is 0 Å². The van der Waals surface area contributed by atoms with Crippen molar-refractivity contribution in [3.05, 3.63) is 65.2 Å². The SMILES string of the molecule is CCc1ccc(C2NC(=S)N(CCC(C)C)C(C)=C2c2nc(-c3ccc4c(c3)OCO4)no2)cc1. The number of nitrogens with zero attached hydrogens (tertiary/aromatic N) is 3. The molecule has 0 aliphatic carbocycles. The number of aromatic nitrogens is 2. The highest BCUT2D eigenvalue weighted by Gasteiger charge is 2.34. The van der Waals surface area contributed by atoms with Crippen molar-refractivity contribution in [1.29, 1.82) is 0 Å². The molecule has 1 atom stereocenters. The molecule has 0 bridgehead atoms. The van der Waals surface area contributed by atoms with Gasteiger partial charge in [-0.05, 0) is 67.2 Å². The Hall–Kier alpha value is -3.39. The number of nitrogens with one attached hydrogen (secondary N) is 1. The number of hydrogen-bond acceptors (Lipinski definition) is 6. The Balaban J connectivity index is 1.55. The van der Waals surface area contributed by atoms with E-state index in [1.165, 1.54) is 5.56 Å². The zero-order valence-electron chi connectivity index (χ0n) is 20.5. The first-order chi connectivity index (χ1) is 16.9. The summed E-state index contributed by atoms with van der Waals surface area (Å²) in [6.45, 7) is 9.71. The van der Waals surface area contributed by atoms with E-state index in [1.54, 1.807) is 0 Å². The summed E-state index contributed by atoms with van der Waals surface area (Å²) in [5, 5.41) is 8.56. The molecule has 5 rings (SSSR count). The third kappa shape index (κ3) is 4.62. The molecule has 0 saturated carbocycles. The zero-order chi connectivity index (χ0) is 24.5. The molecule has 35 heavy (non-hydrogen) atoms. The lowest BCUT2D eigenvalue weighted by Crippen LogP contribution is -2.46. The van der Waals surface area contributed by atoms with Gasteiger partial charge in [-0.1, -0.05) is 50.2 Å². The smallest absolute Gasteiger partial charge is 0.258 e. The molecule has 3 heterocycles. The molecule has 1 aromatic heterocycles. The van der Waals surface area contributed by atoms with Crippen molar-refractivity contribution >= 4 is 22.9 Å². The van der Waals surface area contributed by atoms with E-state index >= 15 is 0 Å². The standard InChI is InChI=1S/C27H30N4O3S/c1-5-18-6-8-19(9-7-18)24-23(17(4)31(27(35)28-24)13-12-16(2)3)26-29-25(30-34-26)20-10-11-21-22(14-20)33-15-32-21/h6-11,14,16,24H,5,12-13,15H2,1-4H3,(H,28,35). The maximum Gasteiger partial charge on any atom is 0.258 e. The van der Waals surface area contributed by atoms with Gasteiger partial charge < -0.3 is 24.2 Å². The van der Waals surface area contributed by atoms with Gasteiger partial charge in [-0.15, -0.1) is 0 Å². The van der Waals surface area contributed by atoms with E-state index in [-0.39, 0.29) is 12.8 Å². The quantitative estimate of drug-likeness (QED) is 0.421. The van der Waals surface area contributed by atoms with E-state index in [9.17, 15) is 0 Å². The van der Waals surface area contributed by atoms with Crippen molar-refractivity contribution in [2.45, 2.75) is 46.6 Å². The monoisotopic (exact) mass is 490 g/mol. The van der Waals surface area contributed by atoms with Crippen molar-refractivity contribution in [3.63, 3.8) is 0 Å². The molecule has 0 fully saturated rings. The highest BCUT2D eigenvalue weighted by molar-refractivity contribution is 7.80. The van der Waals surface area contributed by atoms with E-state index in [0.29, 0.717) is 28.5 Å². The number of benzene rings is 2. The number of aryl methyl sites for hydroxylation is 1. The summed E-state index contributed by atoms with van der Waals surface area (Å²) in [4.78, 5) is 6.95. The second-order valence-corrected chi connectivity index (χ2v) is 9.69. The maximum atomic E-state index is 5.85. The van der Waals surface area contributed by atoms with Gasteiger partial charge in [-0.2, -0.15) is 4.98 Å². The molecular formula is C27H30N4O3S. The van der Waals surface area contributed by atoms with Crippen LogP contribution in [0.3, 0.4) is 0 Å². The Morgan fingerprint density at radius 1 is 1.11 bits per heavy atom. The van der Waals surface area contributed by atoms with Crippen molar-refractivity contribution < 1.29 is 14.0 Å². The van der Waals surface area contributed by atoms with Crippen LogP contribution < -0.4 is 14.8 Å². The minimum absolute atomic E-state index is 0.186. The lowest BCUT2D eigenvalue weighted by molar-refractivity contribution is 0.174. The highest BCUT2D eigenvalue weighted by Crippen LogP contribution is 2.39. The molecular weight excluding hydrogens is 460 g/mol. The van der Waals surface area contributed by atoms with Crippen LogP contribution in [0.1, 0.15) is 57.2 Å². The summed E-state index contributed by atoms with van der Waals surface area (Å²) in [6.07, 6.45) is 2.01. The summed E-state index contributed by atoms with van der Waals surface area (Å²) in [7, 11) is 0. The van der Waals surface area contributed by atoms with Gasteiger partial charge in [0.25, 0.3) is 5.89 Å². The minimum atomic E-state index is -0.186. The second-order valence-electron chi connectivity index (χ2n) is 9.30. The van der Waals surface area contributed by atoms with Gasteiger partial charge in [0.05, 0.1) is 11.6 Å². The molecule has 2 aromatic carbocycles.